The number of imidazole rings is 1. The van der Waals surface area contributed by atoms with Crippen LogP contribution in [0.1, 0.15) is 48.0 Å². The number of likely N-dealkylation sites (tertiary alicyclic amines) is 1. The monoisotopic (exact) mass is 608 g/mol. The summed E-state index contributed by atoms with van der Waals surface area (Å²) < 4.78 is 30.7. The predicted octanol–water partition coefficient (Wildman–Crippen LogP) is 6.43. The third-order valence-electron chi connectivity index (χ3n) is 9.56. The molecule has 5 atom stereocenters. The Balaban J connectivity index is 1.43. The molecule has 10 heteroatoms. The van der Waals surface area contributed by atoms with Crippen molar-refractivity contribution in [3.05, 3.63) is 87.4 Å². The molecule has 210 valence electrons. The minimum atomic E-state index is -1.16. The lowest BCUT2D eigenvalue weighted by Crippen LogP contribution is -2.53. The van der Waals surface area contributed by atoms with Crippen LogP contribution in [-0.4, -0.2) is 43.8 Å². The number of fused-ring (bicyclic) bond motifs is 7. The zero-order valence-corrected chi connectivity index (χ0v) is 24.6. The molecule has 4 heterocycles. The molecule has 0 bridgehead atoms. The van der Waals surface area contributed by atoms with Gasteiger partial charge in [0.2, 0.25) is 5.91 Å². The number of rotatable bonds is 4. The quantitative estimate of drug-likeness (QED) is 0.271. The number of nitrogens with zero attached hydrogens (tertiary/aromatic N) is 3. The van der Waals surface area contributed by atoms with Crippen LogP contribution in [0.2, 0.25) is 10.0 Å². The summed E-state index contributed by atoms with van der Waals surface area (Å²) >= 11 is 11.6. The van der Waals surface area contributed by atoms with Crippen molar-refractivity contribution in [2.75, 3.05) is 18.1 Å². The van der Waals surface area contributed by atoms with E-state index in [1.54, 1.807) is 30.5 Å². The molecule has 1 saturated carbocycles. The molecule has 3 aromatic carbocycles. The van der Waals surface area contributed by atoms with Gasteiger partial charge in [0.05, 0.1) is 16.1 Å². The minimum absolute atomic E-state index is 0.0314. The molecule has 1 amide bonds. The van der Waals surface area contributed by atoms with Crippen molar-refractivity contribution in [3.8, 4) is 0 Å². The minimum Gasteiger partial charge on any atom is -0.612 e. The summed E-state index contributed by atoms with van der Waals surface area (Å²) in [6.07, 6.45) is 4.67. The Morgan fingerprint density at radius 3 is 2.76 bits per heavy atom. The van der Waals surface area contributed by atoms with Gasteiger partial charge < -0.3 is 14.4 Å². The Morgan fingerprint density at radius 2 is 1.98 bits per heavy atom. The number of nitrogens with one attached hydrogen (secondary N) is 1. The van der Waals surface area contributed by atoms with Gasteiger partial charge in [0.25, 0.3) is 0 Å². The zero-order chi connectivity index (χ0) is 28.2. The van der Waals surface area contributed by atoms with Gasteiger partial charge in [-0.25, -0.2) is 9.37 Å². The third kappa shape index (κ3) is 3.64. The van der Waals surface area contributed by atoms with Crippen LogP contribution in [0.3, 0.4) is 0 Å². The van der Waals surface area contributed by atoms with Gasteiger partial charge in [-0.05, 0) is 72.3 Å². The highest BCUT2D eigenvalue weighted by atomic mass is 35.5. The van der Waals surface area contributed by atoms with Crippen LogP contribution in [-0.2, 0) is 28.1 Å². The Kier molecular flexibility index (Phi) is 5.84. The second kappa shape index (κ2) is 9.19. The highest BCUT2D eigenvalue weighted by Gasteiger charge is 2.69. The van der Waals surface area contributed by atoms with Gasteiger partial charge in [0.1, 0.15) is 23.4 Å². The van der Waals surface area contributed by atoms with Crippen molar-refractivity contribution in [3.63, 3.8) is 0 Å². The fourth-order valence-electron chi connectivity index (χ4n) is 7.75. The average Bonchev–Trinajstić information content (AvgIpc) is 3.53. The van der Waals surface area contributed by atoms with Crippen molar-refractivity contribution >= 4 is 57.0 Å². The molecular weight excluding hydrogens is 582 g/mol. The number of halogens is 3. The van der Waals surface area contributed by atoms with E-state index in [1.165, 1.54) is 0 Å². The summed E-state index contributed by atoms with van der Waals surface area (Å²) in [5.74, 6) is -0.234. The summed E-state index contributed by atoms with van der Waals surface area (Å²) in [7, 11) is 0. The van der Waals surface area contributed by atoms with Crippen molar-refractivity contribution in [2.24, 2.45) is 5.92 Å². The summed E-state index contributed by atoms with van der Waals surface area (Å²) in [5, 5.41) is 3.69. The van der Waals surface area contributed by atoms with E-state index in [0.717, 1.165) is 54.8 Å². The van der Waals surface area contributed by atoms with Gasteiger partial charge in [-0.2, -0.15) is 0 Å². The number of carbonyl (C=O) groups excluding carboxylic acids is 1. The summed E-state index contributed by atoms with van der Waals surface area (Å²) in [5.41, 5.74) is 2.45. The maximum Gasteiger partial charge on any atom is 0.250 e. The van der Waals surface area contributed by atoms with Gasteiger partial charge in [0, 0.05) is 53.3 Å². The summed E-state index contributed by atoms with van der Waals surface area (Å²) in [6, 6.07) is 16.3. The van der Waals surface area contributed by atoms with E-state index in [9.17, 15) is 9.35 Å². The molecule has 1 spiro atoms. The van der Waals surface area contributed by atoms with Gasteiger partial charge in [-0.15, -0.1) is 0 Å². The Labute approximate surface area is 250 Å². The fourth-order valence-corrected chi connectivity index (χ4v) is 8.64. The molecule has 4 aromatic rings. The maximum atomic E-state index is 16.2. The van der Waals surface area contributed by atoms with E-state index < -0.39 is 28.4 Å². The first kappa shape index (κ1) is 26.0. The van der Waals surface area contributed by atoms with Crippen molar-refractivity contribution in [1.82, 2.24) is 14.5 Å². The maximum absolute atomic E-state index is 16.2. The molecule has 8 rings (SSSR count). The molecule has 6 nitrogen and oxygen atoms in total. The van der Waals surface area contributed by atoms with Gasteiger partial charge >= 0.3 is 0 Å². The van der Waals surface area contributed by atoms with Crippen LogP contribution in [0.4, 0.5) is 10.1 Å². The molecule has 1 unspecified atom stereocenters. The Bertz CT molecular complexity index is 1760. The van der Waals surface area contributed by atoms with Crippen LogP contribution in [0.5, 0.6) is 0 Å². The predicted molar refractivity (Wildman–Crippen MR) is 159 cm³/mol. The number of hydrogen-bond donors (Lipinski definition) is 1. The van der Waals surface area contributed by atoms with Gasteiger partial charge in [0.15, 0.2) is 4.90 Å². The number of aryl methyl sites for hydroxylation is 1. The molecule has 2 fully saturated rings. The number of benzene rings is 3. The van der Waals surface area contributed by atoms with Crippen molar-refractivity contribution < 1.29 is 13.7 Å². The normalized spacial score (nSPS) is 27.6. The molecule has 1 saturated heterocycles. The van der Waals surface area contributed by atoms with Crippen molar-refractivity contribution in [2.45, 2.75) is 54.1 Å². The smallest absolute Gasteiger partial charge is 0.250 e. The highest BCUT2D eigenvalue weighted by Crippen LogP contribution is 2.64. The van der Waals surface area contributed by atoms with Crippen molar-refractivity contribution in [1.29, 1.82) is 0 Å². The fraction of sp³-hybridized carbons (Fsp3) is 0.355. The van der Waals surface area contributed by atoms with E-state index >= 15 is 4.39 Å². The number of carbonyl (C=O) groups is 1. The molecule has 1 aromatic heterocycles. The van der Waals surface area contributed by atoms with Crippen LogP contribution in [0.25, 0.3) is 11.0 Å². The van der Waals surface area contributed by atoms with Gasteiger partial charge in [-0.3, -0.25) is 9.69 Å². The lowest BCUT2D eigenvalue weighted by molar-refractivity contribution is -0.128. The molecule has 1 N–H and O–H groups in total. The SMILES string of the molecule is C[S+]([O-])c1ccc2c(c1)nc1n2CC[C@H]2[C@@H]1[C@H](c1cccc(Cl)c1F)[C@]1(C(=O)Nc3cc(Cl)ccc31)N2CC1CC1. The number of hydrogen-bond acceptors (Lipinski definition) is 4. The third-order valence-corrected chi connectivity index (χ3v) is 11.0. The molecular formula is C31H27Cl2FN4O2S. The van der Waals surface area contributed by atoms with E-state index in [4.69, 9.17) is 28.2 Å². The van der Waals surface area contributed by atoms with Crippen LogP contribution < -0.4 is 5.32 Å². The number of amides is 1. The average molecular weight is 610 g/mol. The van der Waals surface area contributed by atoms with E-state index in [1.807, 2.05) is 30.3 Å². The Hall–Kier alpha value is -2.62. The topological polar surface area (TPSA) is 73.2 Å². The summed E-state index contributed by atoms with van der Waals surface area (Å²) in [6.45, 7) is 1.47. The molecule has 1 aliphatic carbocycles. The van der Waals surface area contributed by atoms with Crippen LogP contribution in [0, 0.1) is 11.7 Å². The van der Waals surface area contributed by atoms with E-state index in [0.29, 0.717) is 27.1 Å². The molecule has 4 aliphatic rings. The van der Waals surface area contributed by atoms with Crippen LogP contribution >= 0.6 is 23.2 Å². The van der Waals surface area contributed by atoms with Crippen LogP contribution in [0.15, 0.2) is 59.5 Å². The van der Waals surface area contributed by atoms with Gasteiger partial charge in [-0.1, -0.05) is 41.4 Å². The first-order chi connectivity index (χ1) is 19.8. The molecule has 0 radical (unpaired) electrons. The Morgan fingerprint density at radius 1 is 1.15 bits per heavy atom. The lowest BCUT2D eigenvalue weighted by Gasteiger charge is -2.40. The second-order valence-corrected chi connectivity index (χ2v) is 14.0. The number of aromatic nitrogens is 2. The highest BCUT2D eigenvalue weighted by molar-refractivity contribution is 7.90. The van der Waals surface area contributed by atoms with E-state index in [-0.39, 0.29) is 22.9 Å². The first-order valence-electron chi connectivity index (χ1n) is 13.9. The molecule has 3 aliphatic heterocycles. The number of anilines is 1. The first-order valence-corrected chi connectivity index (χ1v) is 16.3. The zero-order valence-electron chi connectivity index (χ0n) is 22.2. The largest absolute Gasteiger partial charge is 0.612 e. The standard InChI is InChI=1S/C31H27Cl2FN4O2S/c1-41(40)18-8-10-24-23(14-18)35-29-26-25(11-12-37(24)29)38(15-16-5-6-16)31(27(26)19-3-2-4-21(33)28(19)34)20-9-7-17(32)13-22(20)36-30(31)39/h2-4,7-10,13-14,16,25-27H,5-6,11-12,15H2,1H3,(H,36,39)/t25-,26+,27-,31+,41?/m0/s1. The van der Waals surface area contributed by atoms with E-state index in [2.05, 4.69) is 14.8 Å². The molecule has 41 heavy (non-hydrogen) atoms. The second-order valence-electron chi connectivity index (χ2n) is 11.7. The summed E-state index contributed by atoms with van der Waals surface area (Å²) in [4.78, 5) is 22.7. The lowest BCUT2D eigenvalue weighted by atomic mass is 9.70.